The monoisotopic (exact) mass is 693 g/mol. The van der Waals surface area contributed by atoms with E-state index in [9.17, 15) is 0 Å². The molecule has 0 saturated carbocycles. The smallest absolute Gasteiger partial charge is 0.216 e. The van der Waals surface area contributed by atoms with Crippen molar-refractivity contribution in [3.05, 3.63) is 113 Å². The maximum atomic E-state index is 7.55. The van der Waals surface area contributed by atoms with E-state index in [1.807, 2.05) is 67.8 Å². The Kier molecular flexibility index (Phi) is 6.43. The second-order valence-electron chi connectivity index (χ2n) is 8.71. The molecular formula is C32H23IrN3OS-2. The van der Waals surface area contributed by atoms with Crippen molar-refractivity contribution in [2.45, 2.75) is 20.7 Å². The number of furan rings is 1. The fraction of sp³-hybridized carbons (Fsp3) is 0.0938. The molecule has 6 heteroatoms. The molecule has 2 aromatic carbocycles. The Labute approximate surface area is 243 Å². The van der Waals surface area contributed by atoms with E-state index in [0.29, 0.717) is 11.3 Å². The molecule has 0 aliphatic heterocycles. The SMILES string of the molecule is Cc1ccc(-c2[c-]cccc2)nc1.[2H]C([2H])([2H])c1ccc2c(n1)oc1c(-c3cc4cc(C)sc4cn3)[c-]ccc12.[Ir]. The molecule has 0 fully saturated rings. The van der Waals surface area contributed by atoms with E-state index in [1.165, 1.54) is 16.5 Å². The fourth-order valence-electron chi connectivity index (χ4n) is 4.21. The minimum atomic E-state index is -2.27. The Morgan fingerprint density at radius 1 is 0.868 bits per heavy atom. The number of nitrogens with zero attached hydrogens (tertiary/aromatic N) is 3. The number of hydrogen-bond acceptors (Lipinski definition) is 5. The van der Waals surface area contributed by atoms with E-state index in [1.54, 1.807) is 17.4 Å². The van der Waals surface area contributed by atoms with Crippen LogP contribution in [0, 0.1) is 32.8 Å². The van der Waals surface area contributed by atoms with Crippen molar-refractivity contribution in [2.75, 3.05) is 0 Å². The van der Waals surface area contributed by atoms with Gasteiger partial charge in [-0.15, -0.1) is 65.4 Å². The number of fused-ring (bicyclic) bond motifs is 4. The van der Waals surface area contributed by atoms with Crippen molar-refractivity contribution in [2.24, 2.45) is 0 Å². The van der Waals surface area contributed by atoms with E-state index < -0.39 is 6.85 Å². The van der Waals surface area contributed by atoms with Crippen LogP contribution in [0.25, 0.3) is 54.7 Å². The molecule has 5 aromatic heterocycles. The molecule has 1 radical (unpaired) electrons. The van der Waals surface area contributed by atoms with E-state index in [2.05, 4.69) is 46.1 Å². The van der Waals surface area contributed by atoms with Crippen molar-refractivity contribution < 1.29 is 28.6 Å². The third kappa shape index (κ3) is 5.16. The third-order valence-corrected chi connectivity index (χ3v) is 6.98. The van der Waals surface area contributed by atoms with Gasteiger partial charge in [0.25, 0.3) is 0 Å². The average Bonchev–Trinajstić information content (AvgIpc) is 3.52. The number of aryl methyl sites for hydroxylation is 3. The summed E-state index contributed by atoms with van der Waals surface area (Å²) >= 11 is 1.71. The Morgan fingerprint density at radius 2 is 1.76 bits per heavy atom. The molecule has 0 N–H and O–H groups in total. The number of pyridine rings is 3. The molecule has 7 aromatic rings. The molecule has 0 atom stereocenters. The normalized spacial score (nSPS) is 12.3. The number of rotatable bonds is 2. The van der Waals surface area contributed by atoms with Crippen LogP contribution in [0.1, 0.15) is 20.2 Å². The van der Waals surface area contributed by atoms with Gasteiger partial charge in [-0.2, -0.15) is 0 Å². The molecule has 0 aliphatic rings. The van der Waals surface area contributed by atoms with Crippen LogP contribution in [-0.2, 0) is 20.1 Å². The van der Waals surface area contributed by atoms with Gasteiger partial charge < -0.3 is 14.4 Å². The van der Waals surface area contributed by atoms with E-state index in [4.69, 9.17) is 8.53 Å². The van der Waals surface area contributed by atoms with Crippen molar-refractivity contribution >= 4 is 43.5 Å². The first-order chi connectivity index (χ1) is 19.3. The summed E-state index contributed by atoms with van der Waals surface area (Å²) in [7, 11) is 0. The van der Waals surface area contributed by atoms with E-state index in [-0.39, 0.29) is 25.8 Å². The van der Waals surface area contributed by atoms with Crippen molar-refractivity contribution in [1.82, 2.24) is 15.0 Å². The van der Waals surface area contributed by atoms with Gasteiger partial charge in [0.05, 0.1) is 10.3 Å². The molecule has 0 amide bonds. The van der Waals surface area contributed by atoms with Crippen molar-refractivity contribution in [1.29, 1.82) is 0 Å². The van der Waals surface area contributed by atoms with Gasteiger partial charge in [-0.25, -0.2) is 4.98 Å². The molecule has 0 spiro atoms. The number of thiophene rings is 1. The van der Waals surface area contributed by atoms with Crippen LogP contribution in [0.15, 0.2) is 89.6 Å². The predicted molar refractivity (Wildman–Crippen MR) is 152 cm³/mol. The van der Waals surface area contributed by atoms with Gasteiger partial charge in [0.1, 0.15) is 0 Å². The Bertz CT molecular complexity index is 1970. The van der Waals surface area contributed by atoms with E-state index >= 15 is 0 Å². The topological polar surface area (TPSA) is 51.8 Å². The molecule has 7 rings (SSSR count). The third-order valence-electron chi connectivity index (χ3n) is 5.98. The molecule has 0 unspecified atom stereocenters. The van der Waals surface area contributed by atoms with Crippen LogP contribution in [0.2, 0.25) is 0 Å². The molecule has 0 bridgehead atoms. The molecule has 38 heavy (non-hydrogen) atoms. The summed E-state index contributed by atoms with van der Waals surface area (Å²) in [6.45, 7) is 1.83. The van der Waals surface area contributed by atoms with Gasteiger partial charge in [0.2, 0.25) is 5.71 Å². The van der Waals surface area contributed by atoms with Gasteiger partial charge in [0.15, 0.2) is 0 Å². The summed E-state index contributed by atoms with van der Waals surface area (Å²) in [5.74, 6) is 0. The fourth-order valence-corrected chi connectivity index (χ4v) is 5.08. The standard InChI is InChI=1S/C20H13N2OS.C12H10N.Ir/c1-11-6-7-15-14-4-3-5-16(19(14)23-20(15)22-11)17-9-13-8-12(2)24-18(13)10-21-17;1-10-7-8-12(13-9-10)11-5-3-2-4-6-11;/h3-4,6-10H,1-2H3;2-5,7-9H,1H3;/q2*-1;/i1D3;;. The molecule has 5 heterocycles. The first kappa shape index (κ1) is 22.3. The minimum Gasteiger partial charge on any atom is -0.486 e. The zero-order valence-corrected chi connectivity index (χ0v) is 23.8. The van der Waals surface area contributed by atoms with Crippen LogP contribution >= 0.6 is 11.3 Å². The first-order valence-electron chi connectivity index (χ1n) is 13.3. The van der Waals surface area contributed by atoms with Gasteiger partial charge >= 0.3 is 0 Å². The van der Waals surface area contributed by atoms with Gasteiger partial charge in [-0.05, 0) is 61.2 Å². The quantitative estimate of drug-likeness (QED) is 0.171. The summed E-state index contributed by atoms with van der Waals surface area (Å²) in [5.41, 5.74) is 5.65. The van der Waals surface area contributed by atoms with Crippen LogP contribution in [0.3, 0.4) is 0 Å². The zero-order chi connectivity index (χ0) is 27.9. The first-order valence-corrected chi connectivity index (χ1v) is 12.6. The molecule has 189 valence electrons. The summed E-state index contributed by atoms with van der Waals surface area (Å²) in [6, 6.07) is 29.5. The summed E-state index contributed by atoms with van der Waals surface area (Å²) in [5, 5.41) is 2.78. The van der Waals surface area contributed by atoms with Crippen LogP contribution in [0.5, 0.6) is 0 Å². The van der Waals surface area contributed by atoms with Crippen LogP contribution < -0.4 is 0 Å². The van der Waals surface area contributed by atoms with Gasteiger partial charge in [0, 0.05) is 52.6 Å². The largest absolute Gasteiger partial charge is 0.486 e. The van der Waals surface area contributed by atoms with Gasteiger partial charge in [-0.3, -0.25) is 0 Å². The average molecular weight is 693 g/mol. The summed E-state index contributed by atoms with van der Waals surface area (Å²) in [6.07, 6.45) is 3.73. The minimum absolute atomic E-state index is 0. The van der Waals surface area contributed by atoms with Crippen molar-refractivity contribution in [3.63, 3.8) is 0 Å². The summed E-state index contributed by atoms with van der Waals surface area (Å²) < 4.78 is 29.8. The van der Waals surface area contributed by atoms with Crippen molar-refractivity contribution in [3.8, 4) is 22.5 Å². The molecule has 0 aliphatic carbocycles. The Hall–Kier alpha value is -3.70. The number of aromatic nitrogens is 3. The molecule has 0 saturated heterocycles. The van der Waals surface area contributed by atoms with E-state index in [0.717, 1.165) is 43.4 Å². The maximum absolute atomic E-state index is 7.55. The Balaban J connectivity index is 0.000000204. The zero-order valence-electron chi connectivity index (χ0n) is 23.6. The van der Waals surface area contributed by atoms with Gasteiger partial charge in [-0.1, -0.05) is 29.1 Å². The second kappa shape index (κ2) is 11.0. The van der Waals surface area contributed by atoms with Crippen LogP contribution in [0.4, 0.5) is 0 Å². The Morgan fingerprint density at radius 3 is 2.55 bits per heavy atom. The number of benzene rings is 2. The predicted octanol–water partition coefficient (Wildman–Crippen LogP) is 8.53. The second-order valence-corrected chi connectivity index (χ2v) is 10.00. The maximum Gasteiger partial charge on any atom is 0.216 e. The van der Waals surface area contributed by atoms with Crippen LogP contribution in [-0.4, -0.2) is 15.0 Å². The molecular weight excluding hydrogens is 667 g/mol. The number of hydrogen-bond donors (Lipinski definition) is 0. The molecule has 4 nitrogen and oxygen atoms in total. The summed E-state index contributed by atoms with van der Waals surface area (Å²) in [4.78, 5) is 14.3.